The minimum atomic E-state index is -0.696. The molecule has 0 aliphatic carbocycles. The van der Waals surface area contributed by atoms with Gasteiger partial charge in [0.05, 0.1) is 12.7 Å². The van der Waals surface area contributed by atoms with E-state index in [2.05, 4.69) is 10.6 Å². The Labute approximate surface area is 180 Å². The maximum atomic E-state index is 13.1. The first-order chi connectivity index (χ1) is 15.0. The molecule has 0 aliphatic rings. The number of esters is 1. The van der Waals surface area contributed by atoms with Crippen molar-refractivity contribution in [1.82, 2.24) is 5.32 Å². The number of carbonyl (C=O) groups is 2. The largest absolute Gasteiger partial charge is 0.465 e. The summed E-state index contributed by atoms with van der Waals surface area (Å²) >= 11 is 0. The summed E-state index contributed by atoms with van der Waals surface area (Å²) in [6, 6.07) is 22.6. The van der Waals surface area contributed by atoms with Gasteiger partial charge in [-0.3, -0.25) is 10.2 Å². The monoisotopic (exact) mass is 416 g/mol. The summed E-state index contributed by atoms with van der Waals surface area (Å²) in [7, 11) is 1.32. The first-order valence-corrected chi connectivity index (χ1v) is 9.69. The number of rotatable bonds is 8. The maximum Gasteiger partial charge on any atom is 0.337 e. The van der Waals surface area contributed by atoms with Gasteiger partial charge in [0.1, 0.15) is 11.9 Å². The standard InChI is InChI=1S/C24H24N4O3/c1-31-24(30)19-9-7-17(8-10-19)21(23(29)27-15-16-5-3-2-4-6-16)28-20-13-11-18(12-14-20)22(25)26/h2-14,21,28H,15H2,1H3,(H3,25,26)(H,27,29). The minimum Gasteiger partial charge on any atom is -0.465 e. The number of hydrogen-bond donors (Lipinski definition) is 4. The predicted octanol–water partition coefficient (Wildman–Crippen LogP) is 3.23. The van der Waals surface area contributed by atoms with Gasteiger partial charge in [-0.25, -0.2) is 4.79 Å². The summed E-state index contributed by atoms with van der Waals surface area (Å²) < 4.78 is 4.74. The molecule has 0 aliphatic heterocycles. The Morgan fingerprint density at radius 3 is 2.13 bits per heavy atom. The van der Waals surface area contributed by atoms with E-state index in [1.54, 1.807) is 48.5 Å². The first kappa shape index (κ1) is 21.6. The Balaban J connectivity index is 1.82. The molecule has 0 radical (unpaired) electrons. The van der Waals surface area contributed by atoms with Crippen molar-refractivity contribution in [2.45, 2.75) is 12.6 Å². The number of ether oxygens (including phenoxy) is 1. The second-order valence-electron chi connectivity index (χ2n) is 6.89. The van der Waals surface area contributed by atoms with Crippen LogP contribution in [0.2, 0.25) is 0 Å². The normalized spacial score (nSPS) is 11.3. The third-order valence-electron chi connectivity index (χ3n) is 4.74. The molecule has 0 spiro atoms. The van der Waals surface area contributed by atoms with Crippen molar-refractivity contribution in [2.75, 3.05) is 12.4 Å². The highest BCUT2D eigenvalue weighted by molar-refractivity contribution is 5.95. The fraction of sp³-hybridized carbons (Fsp3) is 0.125. The molecule has 0 saturated heterocycles. The SMILES string of the molecule is COC(=O)c1ccc(C(Nc2ccc(C(=N)N)cc2)C(=O)NCc2ccccc2)cc1. The lowest BCUT2D eigenvalue weighted by molar-refractivity contribution is -0.122. The third-order valence-corrected chi connectivity index (χ3v) is 4.74. The van der Waals surface area contributed by atoms with Crippen LogP contribution in [0.5, 0.6) is 0 Å². The van der Waals surface area contributed by atoms with Crippen molar-refractivity contribution in [3.63, 3.8) is 0 Å². The Hall–Kier alpha value is -4.13. The van der Waals surface area contributed by atoms with Crippen molar-refractivity contribution < 1.29 is 14.3 Å². The zero-order valence-electron chi connectivity index (χ0n) is 17.1. The van der Waals surface area contributed by atoms with E-state index >= 15 is 0 Å². The van der Waals surface area contributed by atoms with Gasteiger partial charge in [0.2, 0.25) is 5.91 Å². The Morgan fingerprint density at radius 2 is 1.55 bits per heavy atom. The van der Waals surface area contributed by atoms with Crippen LogP contribution in [-0.4, -0.2) is 24.8 Å². The molecule has 3 aromatic rings. The topological polar surface area (TPSA) is 117 Å². The highest BCUT2D eigenvalue weighted by Crippen LogP contribution is 2.22. The smallest absolute Gasteiger partial charge is 0.337 e. The molecular weight excluding hydrogens is 392 g/mol. The number of amidine groups is 1. The van der Waals surface area contributed by atoms with E-state index in [1.807, 2.05) is 30.3 Å². The molecule has 0 aromatic heterocycles. The van der Waals surface area contributed by atoms with Crippen LogP contribution >= 0.6 is 0 Å². The Kier molecular flexibility index (Phi) is 7.01. The third kappa shape index (κ3) is 5.70. The number of nitrogens with one attached hydrogen (secondary N) is 3. The zero-order valence-corrected chi connectivity index (χ0v) is 17.1. The van der Waals surface area contributed by atoms with Gasteiger partial charge >= 0.3 is 5.97 Å². The summed E-state index contributed by atoms with van der Waals surface area (Å²) in [5.74, 6) is -0.683. The van der Waals surface area contributed by atoms with Gasteiger partial charge in [-0.2, -0.15) is 0 Å². The average molecular weight is 416 g/mol. The van der Waals surface area contributed by atoms with Crippen LogP contribution in [0, 0.1) is 5.41 Å². The number of nitrogens with two attached hydrogens (primary N) is 1. The van der Waals surface area contributed by atoms with E-state index in [0.717, 1.165) is 5.56 Å². The molecule has 0 heterocycles. The van der Waals surface area contributed by atoms with Crippen molar-refractivity contribution >= 4 is 23.4 Å². The van der Waals surface area contributed by atoms with Crippen LogP contribution < -0.4 is 16.4 Å². The molecule has 1 unspecified atom stereocenters. The zero-order chi connectivity index (χ0) is 22.2. The molecule has 3 rings (SSSR count). The van der Waals surface area contributed by atoms with Crippen LogP contribution in [0.4, 0.5) is 5.69 Å². The molecule has 0 bridgehead atoms. The molecule has 158 valence electrons. The fourth-order valence-corrected chi connectivity index (χ4v) is 3.03. The number of nitrogen functional groups attached to an aromatic ring is 1. The van der Waals surface area contributed by atoms with E-state index in [4.69, 9.17) is 15.9 Å². The van der Waals surface area contributed by atoms with Gasteiger partial charge in [0, 0.05) is 17.8 Å². The number of carbonyl (C=O) groups excluding carboxylic acids is 2. The van der Waals surface area contributed by atoms with Gasteiger partial charge < -0.3 is 21.1 Å². The van der Waals surface area contributed by atoms with Crippen LogP contribution in [0.25, 0.3) is 0 Å². The summed E-state index contributed by atoms with van der Waals surface area (Å²) in [5, 5.41) is 13.7. The summed E-state index contributed by atoms with van der Waals surface area (Å²) in [6.45, 7) is 0.390. The fourth-order valence-electron chi connectivity index (χ4n) is 3.03. The molecule has 7 nitrogen and oxygen atoms in total. The molecule has 0 fully saturated rings. The molecule has 7 heteroatoms. The van der Waals surface area contributed by atoms with Gasteiger partial charge in [0.15, 0.2) is 0 Å². The van der Waals surface area contributed by atoms with Crippen LogP contribution in [-0.2, 0) is 16.1 Å². The molecule has 1 amide bonds. The van der Waals surface area contributed by atoms with Gasteiger partial charge in [0.25, 0.3) is 0 Å². The molecule has 5 N–H and O–H groups in total. The van der Waals surface area contributed by atoms with Crippen molar-refractivity contribution in [1.29, 1.82) is 5.41 Å². The number of benzene rings is 3. The Morgan fingerprint density at radius 1 is 0.935 bits per heavy atom. The number of anilines is 1. The lowest BCUT2D eigenvalue weighted by atomic mass is 10.0. The van der Waals surface area contributed by atoms with E-state index in [0.29, 0.717) is 28.9 Å². The number of hydrogen-bond acceptors (Lipinski definition) is 5. The van der Waals surface area contributed by atoms with Crippen molar-refractivity contribution in [2.24, 2.45) is 5.73 Å². The number of amides is 1. The highest BCUT2D eigenvalue weighted by atomic mass is 16.5. The first-order valence-electron chi connectivity index (χ1n) is 9.69. The van der Waals surface area contributed by atoms with E-state index in [9.17, 15) is 9.59 Å². The maximum absolute atomic E-state index is 13.1. The second-order valence-corrected chi connectivity index (χ2v) is 6.89. The molecular formula is C24H24N4O3. The van der Waals surface area contributed by atoms with Crippen LogP contribution in [0.3, 0.4) is 0 Å². The summed E-state index contributed by atoms with van der Waals surface area (Å²) in [6.07, 6.45) is 0. The lowest BCUT2D eigenvalue weighted by Gasteiger charge is -2.20. The van der Waals surface area contributed by atoms with Gasteiger partial charge in [-0.05, 0) is 47.5 Å². The number of methoxy groups -OCH3 is 1. The molecule has 1 atom stereocenters. The predicted molar refractivity (Wildman–Crippen MR) is 120 cm³/mol. The summed E-state index contributed by atoms with van der Waals surface area (Å²) in [5.41, 5.74) is 8.88. The second kappa shape index (κ2) is 10.1. The van der Waals surface area contributed by atoms with E-state index < -0.39 is 12.0 Å². The molecule has 3 aromatic carbocycles. The summed E-state index contributed by atoms with van der Waals surface area (Å²) in [4.78, 5) is 24.8. The van der Waals surface area contributed by atoms with Crippen LogP contribution in [0.1, 0.15) is 33.1 Å². The average Bonchev–Trinajstić information content (AvgIpc) is 2.81. The van der Waals surface area contributed by atoms with Gasteiger partial charge in [-0.1, -0.05) is 42.5 Å². The van der Waals surface area contributed by atoms with E-state index in [-0.39, 0.29) is 11.7 Å². The van der Waals surface area contributed by atoms with Gasteiger partial charge in [-0.15, -0.1) is 0 Å². The quantitative estimate of drug-likeness (QED) is 0.255. The molecule has 31 heavy (non-hydrogen) atoms. The molecule has 0 saturated carbocycles. The van der Waals surface area contributed by atoms with Crippen molar-refractivity contribution in [3.8, 4) is 0 Å². The Bertz CT molecular complexity index is 1050. The van der Waals surface area contributed by atoms with Crippen molar-refractivity contribution in [3.05, 3.63) is 101 Å². The lowest BCUT2D eigenvalue weighted by Crippen LogP contribution is -2.33. The minimum absolute atomic E-state index is 0.0258. The highest BCUT2D eigenvalue weighted by Gasteiger charge is 2.21. The van der Waals surface area contributed by atoms with E-state index in [1.165, 1.54) is 7.11 Å². The van der Waals surface area contributed by atoms with Crippen LogP contribution in [0.15, 0.2) is 78.9 Å².